The van der Waals surface area contributed by atoms with Crippen LogP contribution >= 0.6 is 0 Å². The summed E-state index contributed by atoms with van der Waals surface area (Å²) in [5.41, 5.74) is 5.08. The van der Waals surface area contributed by atoms with Crippen molar-refractivity contribution in [3.63, 3.8) is 0 Å². The molecule has 29 heavy (non-hydrogen) atoms. The summed E-state index contributed by atoms with van der Waals surface area (Å²) in [4.78, 5) is 0. The van der Waals surface area contributed by atoms with E-state index < -0.39 is 11.6 Å². The third-order valence-electron chi connectivity index (χ3n) is 5.28. The van der Waals surface area contributed by atoms with Crippen molar-refractivity contribution in [3.05, 3.63) is 94.7 Å². The molecule has 0 saturated heterocycles. The van der Waals surface area contributed by atoms with E-state index in [9.17, 15) is 8.78 Å². The maximum absolute atomic E-state index is 13.8. The molecule has 1 N–H and O–H groups in total. The van der Waals surface area contributed by atoms with Gasteiger partial charge in [-0.05, 0) is 60.9 Å². The number of ether oxygens (including phenoxy) is 1. The van der Waals surface area contributed by atoms with Gasteiger partial charge >= 0.3 is 0 Å². The first kappa shape index (κ1) is 20.8. The van der Waals surface area contributed by atoms with Crippen LogP contribution in [-0.4, -0.2) is 6.61 Å². The average Bonchev–Trinajstić information content (AvgIpc) is 2.96. The maximum atomic E-state index is 13.8. The van der Waals surface area contributed by atoms with Gasteiger partial charge in [0.25, 0.3) is 0 Å². The molecule has 0 fully saturated rings. The lowest BCUT2D eigenvalue weighted by molar-refractivity contribution is 0.291. The summed E-state index contributed by atoms with van der Waals surface area (Å²) < 4.78 is 33.4. The molecule has 0 saturated carbocycles. The van der Waals surface area contributed by atoms with Crippen molar-refractivity contribution in [2.24, 2.45) is 0 Å². The molecule has 0 atom stereocenters. The van der Waals surface area contributed by atoms with E-state index in [2.05, 4.69) is 44.8 Å². The van der Waals surface area contributed by atoms with Gasteiger partial charge in [-0.1, -0.05) is 38.6 Å². The van der Waals surface area contributed by atoms with E-state index in [4.69, 9.17) is 4.74 Å². The highest BCUT2D eigenvalue weighted by Gasteiger charge is 2.32. The van der Waals surface area contributed by atoms with E-state index in [1.165, 1.54) is 23.8 Å². The Balaban J connectivity index is 1.75. The van der Waals surface area contributed by atoms with Gasteiger partial charge in [-0.2, -0.15) is 0 Å². The first-order valence-electron chi connectivity index (χ1n) is 9.71. The lowest BCUT2D eigenvalue weighted by Crippen LogP contribution is -2.18. The van der Waals surface area contributed by atoms with Crippen molar-refractivity contribution in [1.29, 1.82) is 0 Å². The SMILES string of the molecule is C=C(/C=C\C(=C/C)c1cc2c(cc1C)OCC2(C)C)NCc1c(F)cccc1F. The van der Waals surface area contributed by atoms with E-state index in [0.717, 1.165) is 22.4 Å². The summed E-state index contributed by atoms with van der Waals surface area (Å²) in [5, 5.41) is 2.97. The van der Waals surface area contributed by atoms with Gasteiger partial charge in [0.15, 0.2) is 0 Å². The second kappa shape index (κ2) is 8.24. The molecule has 0 aromatic heterocycles. The van der Waals surface area contributed by atoms with Gasteiger partial charge in [0.2, 0.25) is 0 Å². The number of hydrogen-bond donors (Lipinski definition) is 1. The van der Waals surface area contributed by atoms with Crippen LogP contribution in [0.1, 0.15) is 43.0 Å². The molecule has 0 amide bonds. The fourth-order valence-electron chi connectivity index (χ4n) is 3.47. The molecule has 2 aromatic carbocycles. The fraction of sp³-hybridized carbons (Fsp3) is 0.280. The number of allylic oxidation sites excluding steroid dienone is 4. The molecule has 152 valence electrons. The molecule has 1 aliphatic heterocycles. The number of fused-ring (bicyclic) bond motifs is 1. The van der Waals surface area contributed by atoms with Crippen LogP contribution in [0.15, 0.2) is 60.8 Å². The van der Waals surface area contributed by atoms with E-state index in [1.807, 2.05) is 25.2 Å². The Morgan fingerprint density at radius 2 is 1.90 bits per heavy atom. The summed E-state index contributed by atoms with van der Waals surface area (Å²) in [6.07, 6.45) is 5.82. The first-order chi connectivity index (χ1) is 13.7. The van der Waals surface area contributed by atoms with Crippen molar-refractivity contribution in [2.45, 2.75) is 39.7 Å². The van der Waals surface area contributed by atoms with E-state index in [1.54, 1.807) is 0 Å². The van der Waals surface area contributed by atoms with Crippen molar-refractivity contribution in [2.75, 3.05) is 6.61 Å². The highest BCUT2D eigenvalue weighted by Crippen LogP contribution is 2.41. The number of hydrogen-bond acceptors (Lipinski definition) is 2. The van der Waals surface area contributed by atoms with Crippen LogP contribution in [-0.2, 0) is 12.0 Å². The van der Waals surface area contributed by atoms with Gasteiger partial charge in [-0.3, -0.25) is 0 Å². The highest BCUT2D eigenvalue weighted by molar-refractivity contribution is 5.77. The summed E-state index contributed by atoms with van der Waals surface area (Å²) in [5.74, 6) is -0.183. The summed E-state index contributed by atoms with van der Waals surface area (Å²) in [6.45, 7) is 13.1. The van der Waals surface area contributed by atoms with Crippen LogP contribution < -0.4 is 10.1 Å². The molecule has 0 aliphatic carbocycles. The van der Waals surface area contributed by atoms with E-state index in [0.29, 0.717) is 12.3 Å². The van der Waals surface area contributed by atoms with Crippen LogP contribution in [0.5, 0.6) is 5.75 Å². The Hall–Kier alpha value is -2.88. The molecule has 0 radical (unpaired) electrons. The van der Waals surface area contributed by atoms with E-state index in [-0.39, 0.29) is 17.5 Å². The van der Waals surface area contributed by atoms with E-state index >= 15 is 0 Å². The Morgan fingerprint density at radius 1 is 1.21 bits per heavy atom. The first-order valence-corrected chi connectivity index (χ1v) is 9.71. The molecular formula is C25H27F2NO. The molecule has 4 heteroatoms. The van der Waals surface area contributed by atoms with Crippen molar-refractivity contribution < 1.29 is 13.5 Å². The average molecular weight is 395 g/mol. The molecular weight excluding hydrogens is 368 g/mol. The number of halogens is 2. The predicted octanol–water partition coefficient (Wildman–Crippen LogP) is 6.21. The van der Waals surface area contributed by atoms with Crippen LogP contribution in [0.4, 0.5) is 8.78 Å². The quantitative estimate of drug-likeness (QED) is 0.588. The fourth-order valence-corrected chi connectivity index (χ4v) is 3.47. The Bertz CT molecular complexity index is 982. The van der Waals surface area contributed by atoms with Crippen molar-refractivity contribution in [3.8, 4) is 5.75 Å². The zero-order valence-corrected chi connectivity index (χ0v) is 17.4. The molecule has 0 bridgehead atoms. The molecule has 1 aliphatic rings. The molecule has 0 spiro atoms. The number of rotatable bonds is 6. The normalized spacial score (nSPS) is 15.3. The van der Waals surface area contributed by atoms with Crippen LogP contribution in [0, 0.1) is 18.6 Å². The van der Waals surface area contributed by atoms with Crippen LogP contribution in [0.3, 0.4) is 0 Å². The van der Waals surface area contributed by atoms with Gasteiger partial charge in [0.05, 0.1) is 6.61 Å². The highest BCUT2D eigenvalue weighted by atomic mass is 19.1. The van der Waals surface area contributed by atoms with Gasteiger partial charge in [0, 0.05) is 28.8 Å². The lowest BCUT2D eigenvalue weighted by Gasteiger charge is -2.17. The number of benzene rings is 2. The third-order valence-corrected chi connectivity index (χ3v) is 5.28. The zero-order chi connectivity index (χ0) is 21.2. The molecule has 0 unspecified atom stereocenters. The van der Waals surface area contributed by atoms with Crippen molar-refractivity contribution >= 4 is 5.57 Å². The van der Waals surface area contributed by atoms with Crippen molar-refractivity contribution in [1.82, 2.24) is 5.32 Å². The summed E-state index contributed by atoms with van der Waals surface area (Å²) >= 11 is 0. The van der Waals surface area contributed by atoms with Gasteiger partial charge < -0.3 is 10.1 Å². The topological polar surface area (TPSA) is 21.3 Å². The molecule has 1 heterocycles. The second-order valence-corrected chi connectivity index (χ2v) is 7.99. The number of aryl methyl sites for hydroxylation is 1. The molecule has 2 nitrogen and oxygen atoms in total. The van der Waals surface area contributed by atoms with Gasteiger partial charge in [-0.15, -0.1) is 0 Å². The standard InChI is InChI=1S/C25H27F2NO/c1-6-18(19-13-21-24(12-16(19)2)29-15-25(21,4)5)11-10-17(3)28-14-20-22(26)8-7-9-23(20)27/h6-13,28H,3,14-15H2,1-2,4-5H3/b11-10-,18-6+. The minimum Gasteiger partial charge on any atom is -0.492 e. The predicted molar refractivity (Wildman–Crippen MR) is 115 cm³/mol. The zero-order valence-electron chi connectivity index (χ0n) is 17.4. The van der Waals surface area contributed by atoms with Crippen LogP contribution in [0.25, 0.3) is 5.57 Å². The molecule has 2 aromatic rings. The summed E-state index contributed by atoms with van der Waals surface area (Å²) in [6, 6.07) is 8.14. The minimum absolute atomic E-state index is 0.00463. The Labute approximate surface area is 171 Å². The maximum Gasteiger partial charge on any atom is 0.131 e. The largest absolute Gasteiger partial charge is 0.492 e. The van der Waals surface area contributed by atoms with Crippen LogP contribution in [0.2, 0.25) is 0 Å². The Morgan fingerprint density at radius 3 is 2.55 bits per heavy atom. The third kappa shape index (κ3) is 4.42. The Kier molecular flexibility index (Phi) is 5.92. The minimum atomic E-state index is -0.568. The number of nitrogens with one attached hydrogen (secondary N) is 1. The molecule has 3 rings (SSSR count). The van der Waals surface area contributed by atoms with Gasteiger partial charge in [-0.25, -0.2) is 8.78 Å². The summed E-state index contributed by atoms with van der Waals surface area (Å²) in [7, 11) is 0. The van der Waals surface area contributed by atoms with Gasteiger partial charge in [0.1, 0.15) is 17.4 Å². The smallest absolute Gasteiger partial charge is 0.131 e. The second-order valence-electron chi connectivity index (χ2n) is 7.99. The lowest BCUT2D eigenvalue weighted by atomic mass is 9.84. The monoisotopic (exact) mass is 395 g/mol.